The molecule has 0 bridgehead atoms. The molecule has 2 aromatic rings. The molecule has 7 nitrogen and oxygen atoms in total. The first-order valence-corrected chi connectivity index (χ1v) is 10.1. The fraction of sp³-hybridized carbons (Fsp3) is 0.160. The average molecular weight is 430 g/mol. The highest BCUT2D eigenvalue weighted by Crippen LogP contribution is 2.30. The maximum atomic E-state index is 12.8. The van der Waals surface area contributed by atoms with Gasteiger partial charge in [-0.25, -0.2) is 4.79 Å². The quantitative estimate of drug-likeness (QED) is 0.733. The lowest BCUT2D eigenvalue weighted by atomic mass is 9.96. The molecule has 0 atom stereocenters. The van der Waals surface area contributed by atoms with Crippen LogP contribution in [0.2, 0.25) is 0 Å². The zero-order valence-electron chi connectivity index (χ0n) is 17.5. The Morgan fingerprint density at radius 2 is 1.69 bits per heavy atom. The number of carbonyl (C=O) groups is 3. The predicted molar refractivity (Wildman–Crippen MR) is 118 cm³/mol. The highest BCUT2D eigenvalue weighted by molar-refractivity contribution is 5.99. The van der Waals surface area contributed by atoms with E-state index in [4.69, 9.17) is 9.84 Å². The van der Waals surface area contributed by atoms with Crippen LogP contribution in [-0.4, -0.2) is 41.4 Å². The van der Waals surface area contributed by atoms with Gasteiger partial charge in [0.1, 0.15) is 5.75 Å². The zero-order chi connectivity index (χ0) is 22.7. The van der Waals surface area contributed by atoms with Crippen molar-refractivity contribution in [3.8, 4) is 5.75 Å². The highest BCUT2D eigenvalue weighted by atomic mass is 16.5. The van der Waals surface area contributed by atoms with Gasteiger partial charge < -0.3 is 20.1 Å². The molecule has 0 saturated heterocycles. The van der Waals surface area contributed by atoms with Gasteiger partial charge in [0.05, 0.1) is 19.2 Å². The molecule has 0 unspecified atom stereocenters. The number of carboxylic acid groups (broad SMARTS) is 1. The summed E-state index contributed by atoms with van der Waals surface area (Å²) in [6, 6.07) is 13.3. The number of nitrogens with zero attached hydrogens (tertiary/aromatic N) is 1. The van der Waals surface area contributed by atoms with Crippen LogP contribution in [0.15, 0.2) is 83.6 Å². The lowest BCUT2D eigenvalue weighted by Crippen LogP contribution is -2.26. The number of fused-ring (bicyclic) bond motifs is 1. The molecule has 1 aliphatic heterocycles. The molecule has 7 heteroatoms. The van der Waals surface area contributed by atoms with E-state index in [1.165, 1.54) is 24.3 Å². The number of rotatable bonds is 6. The van der Waals surface area contributed by atoms with Crippen molar-refractivity contribution in [3.05, 3.63) is 100 Å². The van der Waals surface area contributed by atoms with Crippen LogP contribution in [0.5, 0.6) is 5.75 Å². The van der Waals surface area contributed by atoms with Gasteiger partial charge >= 0.3 is 5.97 Å². The van der Waals surface area contributed by atoms with Crippen LogP contribution in [0.25, 0.3) is 0 Å². The van der Waals surface area contributed by atoms with Gasteiger partial charge in [-0.05, 0) is 65.6 Å². The van der Waals surface area contributed by atoms with Crippen LogP contribution in [-0.2, 0) is 11.3 Å². The van der Waals surface area contributed by atoms with Crippen molar-refractivity contribution in [3.63, 3.8) is 0 Å². The number of carbonyl (C=O) groups excluding carboxylic acids is 2. The molecule has 0 spiro atoms. The molecule has 2 amide bonds. The molecular formula is C25H22N2O5. The van der Waals surface area contributed by atoms with Gasteiger partial charge in [-0.1, -0.05) is 18.2 Å². The van der Waals surface area contributed by atoms with E-state index in [0.29, 0.717) is 30.6 Å². The molecule has 0 aromatic heterocycles. The SMILES string of the molecule is COc1ccc(CNC(=O)C2=CCC3=CN(C(=O)c4ccc(C(=O)O)cc4)CC3=C2)cc1. The molecule has 1 aliphatic carbocycles. The molecule has 2 aliphatic rings. The first kappa shape index (κ1) is 21.1. The summed E-state index contributed by atoms with van der Waals surface area (Å²) in [4.78, 5) is 38.0. The summed E-state index contributed by atoms with van der Waals surface area (Å²) in [6.07, 6.45) is 6.04. The number of ether oxygens (including phenoxy) is 1. The van der Waals surface area contributed by atoms with Crippen molar-refractivity contribution in [2.24, 2.45) is 0 Å². The van der Waals surface area contributed by atoms with Gasteiger partial charge in [0.15, 0.2) is 0 Å². The number of aromatic carboxylic acids is 1. The molecule has 4 rings (SSSR count). The van der Waals surface area contributed by atoms with E-state index in [1.807, 2.05) is 36.4 Å². The smallest absolute Gasteiger partial charge is 0.335 e. The van der Waals surface area contributed by atoms with Crippen LogP contribution < -0.4 is 10.1 Å². The van der Waals surface area contributed by atoms with Gasteiger partial charge in [-0.15, -0.1) is 0 Å². The van der Waals surface area contributed by atoms with Crippen molar-refractivity contribution in [2.45, 2.75) is 13.0 Å². The van der Waals surface area contributed by atoms with Crippen molar-refractivity contribution >= 4 is 17.8 Å². The van der Waals surface area contributed by atoms with Crippen LogP contribution in [0, 0.1) is 0 Å². The Kier molecular flexibility index (Phi) is 5.89. The molecular weight excluding hydrogens is 408 g/mol. The maximum Gasteiger partial charge on any atom is 0.335 e. The highest BCUT2D eigenvalue weighted by Gasteiger charge is 2.26. The minimum absolute atomic E-state index is 0.132. The molecule has 162 valence electrons. The first-order valence-electron chi connectivity index (χ1n) is 10.1. The number of amides is 2. The molecule has 1 heterocycles. The van der Waals surface area contributed by atoms with Crippen molar-refractivity contribution in [1.82, 2.24) is 10.2 Å². The number of carboxylic acids is 1. The van der Waals surface area contributed by atoms with Crippen molar-refractivity contribution < 1.29 is 24.2 Å². The summed E-state index contributed by atoms with van der Waals surface area (Å²) in [5, 5.41) is 11.9. The minimum atomic E-state index is -1.03. The average Bonchev–Trinajstić information content (AvgIpc) is 3.26. The van der Waals surface area contributed by atoms with Gasteiger partial charge in [-0.2, -0.15) is 0 Å². The summed E-state index contributed by atoms with van der Waals surface area (Å²) in [5.41, 5.74) is 4.01. The fourth-order valence-electron chi connectivity index (χ4n) is 3.63. The van der Waals surface area contributed by atoms with E-state index in [2.05, 4.69) is 5.32 Å². The predicted octanol–water partition coefficient (Wildman–Crippen LogP) is 3.31. The molecule has 2 N–H and O–H groups in total. The minimum Gasteiger partial charge on any atom is -0.497 e. The molecule has 0 radical (unpaired) electrons. The van der Waals surface area contributed by atoms with Crippen LogP contribution in [0.1, 0.15) is 32.7 Å². The molecule has 2 aromatic carbocycles. The standard InChI is InChI=1S/C25H22N2O5/c1-32-22-10-2-16(3-11-22)13-26-23(28)19-8-9-20-14-27(15-21(20)12-19)24(29)17-4-6-18(7-5-17)25(30)31/h2-8,10-12,14H,9,13,15H2,1H3,(H,26,28)(H,30,31). The summed E-state index contributed by atoms with van der Waals surface area (Å²) in [5.74, 6) is -0.652. The van der Waals surface area contributed by atoms with E-state index in [-0.39, 0.29) is 17.4 Å². The van der Waals surface area contributed by atoms with Crippen LogP contribution >= 0.6 is 0 Å². The summed E-state index contributed by atoms with van der Waals surface area (Å²) in [7, 11) is 1.61. The summed E-state index contributed by atoms with van der Waals surface area (Å²) in [6.45, 7) is 0.779. The molecule has 0 saturated carbocycles. The second kappa shape index (κ2) is 8.93. The molecule has 0 fully saturated rings. The van der Waals surface area contributed by atoms with Gasteiger partial charge in [0.25, 0.3) is 11.8 Å². The normalized spacial score (nSPS) is 14.7. The topological polar surface area (TPSA) is 95.9 Å². The number of methoxy groups -OCH3 is 1. The Labute approximate surface area is 185 Å². The summed E-state index contributed by atoms with van der Waals surface area (Å²) >= 11 is 0. The second-order valence-corrected chi connectivity index (χ2v) is 7.53. The number of benzene rings is 2. The number of hydrogen-bond donors (Lipinski definition) is 2. The Hall–Kier alpha value is -4.13. The number of nitrogens with one attached hydrogen (secondary N) is 1. The largest absolute Gasteiger partial charge is 0.497 e. The zero-order valence-corrected chi connectivity index (χ0v) is 17.5. The van der Waals surface area contributed by atoms with Crippen LogP contribution in [0.4, 0.5) is 0 Å². The second-order valence-electron chi connectivity index (χ2n) is 7.53. The Morgan fingerprint density at radius 3 is 2.34 bits per heavy atom. The van der Waals surface area contributed by atoms with Gasteiger partial charge in [0.2, 0.25) is 0 Å². The number of hydrogen-bond acceptors (Lipinski definition) is 4. The van der Waals surface area contributed by atoms with Crippen LogP contribution in [0.3, 0.4) is 0 Å². The Balaban J connectivity index is 1.38. The third-order valence-corrected chi connectivity index (χ3v) is 5.45. The lowest BCUT2D eigenvalue weighted by Gasteiger charge is -2.15. The first-order chi connectivity index (χ1) is 15.4. The summed E-state index contributed by atoms with van der Waals surface area (Å²) < 4.78 is 5.14. The Morgan fingerprint density at radius 1 is 1.00 bits per heavy atom. The third kappa shape index (κ3) is 4.46. The van der Waals surface area contributed by atoms with E-state index in [0.717, 1.165) is 22.5 Å². The van der Waals surface area contributed by atoms with Crippen molar-refractivity contribution in [2.75, 3.05) is 13.7 Å². The fourth-order valence-corrected chi connectivity index (χ4v) is 3.63. The molecule has 32 heavy (non-hydrogen) atoms. The van der Waals surface area contributed by atoms with Gasteiger partial charge in [-0.3, -0.25) is 9.59 Å². The Bertz CT molecular complexity index is 1160. The number of allylic oxidation sites excluding steroid dienone is 1. The lowest BCUT2D eigenvalue weighted by molar-refractivity contribution is -0.117. The monoisotopic (exact) mass is 430 g/mol. The van der Waals surface area contributed by atoms with E-state index in [9.17, 15) is 14.4 Å². The van der Waals surface area contributed by atoms with Gasteiger partial charge in [0, 0.05) is 23.9 Å². The maximum absolute atomic E-state index is 12.8. The van der Waals surface area contributed by atoms with E-state index < -0.39 is 5.97 Å². The van der Waals surface area contributed by atoms with Crippen molar-refractivity contribution in [1.29, 1.82) is 0 Å². The van der Waals surface area contributed by atoms with E-state index in [1.54, 1.807) is 18.2 Å². The third-order valence-electron chi connectivity index (χ3n) is 5.45. The van der Waals surface area contributed by atoms with E-state index >= 15 is 0 Å².